The van der Waals surface area contributed by atoms with E-state index >= 15 is 0 Å². The molecule has 2 fully saturated rings. The van der Waals surface area contributed by atoms with Gasteiger partial charge in [0.1, 0.15) is 11.2 Å². The van der Waals surface area contributed by atoms with Gasteiger partial charge >= 0.3 is 6.09 Å². The second-order valence-corrected chi connectivity index (χ2v) is 12.2. The Hall–Kier alpha value is -5.63. The molecule has 4 aromatic carbocycles. The first kappa shape index (κ1) is 27.9. The Kier molecular flexibility index (Phi) is 6.53. The molecule has 0 saturated carbocycles. The summed E-state index contributed by atoms with van der Waals surface area (Å²) in [6, 6.07) is 39.3. The van der Waals surface area contributed by atoms with Gasteiger partial charge in [-0.1, -0.05) is 91.0 Å². The monoisotopic (exact) mass is 608 g/mol. The normalized spacial score (nSPS) is 18.2. The Morgan fingerprint density at radius 2 is 1.41 bits per heavy atom. The highest BCUT2D eigenvalue weighted by Crippen LogP contribution is 2.46. The predicted octanol–water partition coefficient (Wildman–Crippen LogP) is 7.24. The van der Waals surface area contributed by atoms with Crippen molar-refractivity contribution in [2.24, 2.45) is 5.41 Å². The van der Waals surface area contributed by atoms with E-state index in [0.29, 0.717) is 25.9 Å². The summed E-state index contributed by atoms with van der Waals surface area (Å²) in [5.74, 6) is -0.0138. The van der Waals surface area contributed by atoms with Crippen molar-refractivity contribution in [1.29, 1.82) is 0 Å². The quantitative estimate of drug-likeness (QED) is 0.201. The number of carbonyl (C=O) groups excluding carboxylic acids is 1. The van der Waals surface area contributed by atoms with Gasteiger partial charge in [-0.15, -0.1) is 0 Å². The van der Waals surface area contributed by atoms with Gasteiger partial charge < -0.3 is 19.3 Å². The lowest BCUT2D eigenvalue weighted by Crippen LogP contribution is -2.38. The molecule has 0 radical (unpaired) electrons. The first-order chi connectivity index (χ1) is 22.5. The number of likely N-dealkylation sites (tertiary alicyclic amines) is 1. The van der Waals surface area contributed by atoms with E-state index in [2.05, 4.69) is 83.5 Å². The highest BCUT2D eigenvalue weighted by molar-refractivity contribution is 6.03. The van der Waals surface area contributed by atoms with Crippen molar-refractivity contribution in [1.82, 2.24) is 14.7 Å². The van der Waals surface area contributed by atoms with Crippen LogP contribution in [0.1, 0.15) is 29.5 Å². The Balaban J connectivity index is 1.36. The van der Waals surface area contributed by atoms with Gasteiger partial charge in [0.05, 0.1) is 23.5 Å². The molecule has 0 aliphatic carbocycles. The SMILES string of the molecule is O=C(O)N1CCC2(CCN(c3ccc4c(c3)c(-c3ccoc3)nn4C(c3ccccc3)(c3ccccc3)c3ccccc3)C2=O)C1. The minimum Gasteiger partial charge on any atom is -0.472 e. The molecule has 8 nitrogen and oxygen atoms in total. The second-order valence-electron chi connectivity index (χ2n) is 12.2. The number of hydrogen-bond donors (Lipinski definition) is 1. The molecule has 2 amide bonds. The topological polar surface area (TPSA) is 91.8 Å². The number of furan rings is 1. The summed E-state index contributed by atoms with van der Waals surface area (Å²) in [4.78, 5) is 28.8. The molecule has 1 spiro atoms. The minimum atomic E-state index is -0.972. The molecular weight excluding hydrogens is 576 g/mol. The summed E-state index contributed by atoms with van der Waals surface area (Å²) in [5, 5.41) is 15.9. The molecule has 8 heteroatoms. The van der Waals surface area contributed by atoms with Crippen LogP contribution in [0.4, 0.5) is 10.5 Å². The van der Waals surface area contributed by atoms with Crippen LogP contribution in [0, 0.1) is 5.41 Å². The number of hydrogen-bond acceptors (Lipinski definition) is 4. The Labute approximate surface area is 266 Å². The zero-order chi connectivity index (χ0) is 31.3. The van der Waals surface area contributed by atoms with Gasteiger partial charge in [-0.3, -0.25) is 4.79 Å². The van der Waals surface area contributed by atoms with Crippen molar-refractivity contribution in [3.63, 3.8) is 0 Å². The number of fused-ring (bicyclic) bond motifs is 1. The van der Waals surface area contributed by atoms with E-state index in [9.17, 15) is 14.7 Å². The summed E-state index contributed by atoms with van der Waals surface area (Å²) in [6.07, 6.45) is 3.54. The molecule has 2 aliphatic heterocycles. The fourth-order valence-electron chi connectivity index (χ4n) is 7.53. The molecule has 4 heterocycles. The van der Waals surface area contributed by atoms with E-state index in [1.54, 1.807) is 12.5 Å². The van der Waals surface area contributed by atoms with Gasteiger partial charge in [-0.2, -0.15) is 5.10 Å². The third-order valence-corrected chi connectivity index (χ3v) is 9.80. The first-order valence-electron chi connectivity index (χ1n) is 15.5. The van der Waals surface area contributed by atoms with Gasteiger partial charge in [-0.05, 0) is 53.8 Å². The lowest BCUT2D eigenvalue weighted by Gasteiger charge is -2.37. The van der Waals surface area contributed by atoms with E-state index in [4.69, 9.17) is 9.52 Å². The third kappa shape index (κ3) is 4.17. The second kappa shape index (κ2) is 10.8. The summed E-state index contributed by atoms with van der Waals surface area (Å²) in [7, 11) is 0. The van der Waals surface area contributed by atoms with Crippen LogP contribution in [0.15, 0.2) is 132 Å². The van der Waals surface area contributed by atoms with E-state index < -0.39 is 17.0 Å². The Morgan fingerprint density at radius 1 is 0.804 bits per heavy atom. The minimum absolute atomic E-state index is 0.0138. The number of carbonyl (C=O) groups is 2. The van der Waals surface area contributed by atoms with Crippen molar-refractivity contribution in [2.75, 3.05) is 24.5 Å². The fraction of sp³-hybridized carbons (Fsp3) is 0.184. The van der Waals surface area contributed by atoms with Gasteiger partial charge in [0, 0.05) is 36.3 Å². The van der Waals surface area contributed by atoms with Crippen molar-refractivity contribution in [3.05, 3.63) is 144 Å². The molecule has 1 atom stereocenters. The zero-order valence-electron chi connectivity index (χ0n) is 25.1. The van der Waals surface area contributed by atoms with Gasteiger partial charge in [0.15, 0.2) is 0 Å². The standard InChI is InChI=1S/C38H32N4O4/c43-35-37(19-21-40(26-37)36(44)45)20-22-41(35)31-16-17-33-32(24-31)34(27-18-23-46-25-27)39-42(33)38(28-10-4-1-5-11-28,29-12-6-2-7-13-29)30-14-8-3-9-15-30/h1-18,23-25H,19-22,26H2,(H,44,45). The van der Waals surface area contributed by atoms with Crippen LogP contribution in [0.5, 0.6) is 0 Å². The molecule has 2 aromatic heterocycles. The maximum absolute atomic E-state index is 13.9. The van der Waals surface area contributed by atoms with Gasteiger partial charge in [0.25, 0.3) is 0 Å². The van der Waals surface area contributed by atoms with Crippen LogP contribution < -0.4 is 4.90 Å². The highest BCUT2D eigenvalue weighted by atomic mass is 16.4. The number of carboxylic acid groups (broad SMARTS) is 1. The summed E-state index contributed by atoms with van der Waals surface area (Å²) >= 11 is 0. The van der Waals surface area contributed by atoms with Crippen LogP contribution in [-0.2, 0) is 10.3 Å². The van der Waals surface area contributed by atoms with Crippen LogP contribution >= 0.6 is 0 Å². The van der Waals surface area contributed by atoms with E-state index in [1.165, 1.54) is 4.90 Å². The van der Waals surface area contributed by atoms with Gasteiger partial charge in [0.2, 0.25) is 5.91 Å². The molecule has 46 heavy (non-hydrogen) atoms. The number of rotatable bonds is 6. The first-order valence-corrected chi connectivity index (χ1v) is 15.5. The zero-order valence-corrected chi connectivity index (χ0v) is 25.1. The van der Waals surface area contributed by atoms with E-state index in [1.807, 2.05) is 41.3 Å². The number of nitrogens with zero attached hydrogens (tertiary/aromatic N) is 4. The Morgan fingerprint density at radius 3 is 1.96 bits per heavy atom. The maximum atomic E-state index is 13.9. The predicted molar refractivity (Wildman–Crippen MR) is 176 cm³/mol. The molecule has 1 unspecified atom stereocenters. The van der Waals surface area contributed by atoms with Crippen LogP contribution in [0.25, 0.3) is 22.2 Å². The molecule has 6 aromatic rings. The maximum Gasteiger partial charge on any atom is 0.407 e. The van der Waals surface area contributed by atoms with Crippen LogP contribution in [0.3, 0.4) is 0 Å². The molecule has 2 saturated heterocycles. The average Bonchev–Trinajstić information content (AvgIpc) is 3.91. The van der Waals surface area contributed by atoms with Crippen molar-refractivity contribution in [2.45, 2.75) is 18.4 Å². The number of amides is 2. The molecule has 1 N–H and O–H groups in total. The smallest absolute Gasteiger partial charge is 0.407 e. The summed E-state index contributed by atoms with van der Waals surface area (Å²) in [6.45, 7) is 1.16. The number of anilines is 1. The average molecular weight is 609 g/mol. The van der Waals surface area contributed by atoms with E-state index in [-0.39, 0.29) is 12.5 Å². The van der Waals surface area contributed by atoms with Crippen molar-refractivity contribution >= 4 is 28.6 Å². The molecule has 228 valence electrons. The van der Waals surface area contributed by atoms with Crippen molar-refractivity contribution in [3.8, 4) is 11.3 Å². The molecule has 8 rings (SSSR count). The fourth-order valence-corrected chi connectivity index (χ4v) is 7.53. The molecule has 0 bridgehead atoms. The highest BCUT2D eigenvalue weighted by Gasteiger charge is 2.52. The van der Waals surface area contributed by atoms with Crippen molar-refractivity contribution < 1.29 is 19.1 Å². The third-order valence-electron chi connectivity index (χ3n) is 9.80. The number of benzene rings is 4. The lowest BCUT2D eigenvalue weighted by atomic mass is 9.77. The molecular formula is C38H32N4O4. The molecule has 2 aliphatic rings. The van der Waals surface area contributed by atoms with Crippen LogP contribution in [-0.4, -0.2) is 51.4 Å². The van der Waals surface area contributed by atoms with E-state index in [0.717, 1.165) is 44.5 Å². The number of aromatic nitrogens is 2. The van der Waals surface area contributed by atoms with Crippen LogP contribution in [0.2, 0.25) is 0 Å². The largest absolute Gasteiger partial charge is 0.472 e. The van der Waals surface area contributed by atoms with Gasteiger partial charge in [-0.25, -0.2) is 9.48 Å². The Bertz CT molecular complexity index is 1940. The summed E-state index contributed by atoms with van der Waals surface area (Å²) in [5.41, 5.74) is 4.92. The summed E-state index contributed by atoms with van der Waals surface area (Å²) < 4.78 is 7.65. The lowest BCUT2D eigenvalue weighted by molar-refractivity contribution is -0.124.